The Morgan fingerprint density at radius 1 is 1.08 bits per heavy atom. The third-order valence-electron chi connectivity index (χ3n) is 4.37. The number of halogens is 3. The van der Waals surface area contributed by atoms with Gasteiger partial charge < -0.3 is 9.88 Å². The fourth-order valence-corrected chi connectivity index (χ4v) is 2.93. The number of nitrogens with zero attached hydrogens (tertiary/aromatic N) is 2. The number of hydrogen-bond acceptors (Lipinski definition) is 3. The molecular weight excluding hydrogens is 347 g/mol. The van der Waals surface area contributed by atoms with Crippen molar-refractivity contribution in [2.45, 2.75) is 12.7 Å². The standard InChI is InChI=1S/C18H18F3N3O2/c19-18(20,21)14-10-15(16(25)22-11-14)17(26)24-8-6-23(7-9-24)12-13-4-2-1-3-5-13/h1-5,10-11H,6-9,12H2,(H,22,25). The quantitative estimate of drug-likeness (QED) is 0.909. The highest BCUT2D eigenvalue weighted by atomic mass is 19.4. The van der Waals surface area contributed by atoms with Gasteiger partial charge in [-0.3, -0.25) is 14.5 Å². The molecule has 2 heterocycles. The van der Waals surface area contributed by atoms with E-state index >= 15 is 0 Å². The third kappa shape index (κ3) is 4.13. The van der Waals surface area contributed by atoms with Crippen LogP contribution >= 0.6 is 0 Å². The van der Waals surface area contributed by atoms with Crippen LogP contribution < -0.4 is 5.56 Å². The number of carbonyl (C=O) groups excluding carboxylic acids is 1. The summed E-state index contributed by atoms with van der Waals surface area (Å²) in [6.07, 6.45) is -4.04. The van der Waals surface area contributed by atoms with Crippen LogP contribution in [0.1, 0.15) is 21.5 Å². The van der Waals surface area contributed by atoms with Crippen LogP contribution in [0, 0.1) is 0 Å². The number of hydrogen-bond donors (Lipinski definition) is 1. The van der Waals surface area contributed by atoms with Crippen molar-refractivity contribution in [2.24, 2.45) is 0 Å². The lowest BCUT2D eigenvalue weighted by atomic mass is 10.1. The van der Waals surface area contributed by atoms with Gasteiger partial charge in [-0.1, -0.05) is 30.3 Å². The molecular formula is C18H18F3N3O2. The van der Waals surface area contributed by atoms with E-state index in [0.29, 0.717) is 38.4 Å². The predicted molar refractivity (Wildman–Crippen MR) is 89.7 cm³/mol. The van der Waals surface area contributed by atoms with Crippen LogP contribution in [-0.2, 0) is 12.7 Å². The summed E-state index contributed by atoms with van der Waals surface area (Å²) < 4.78 is 38.4. The van der Waals surface area contributed by atoms with Crippen LogP contribution in [0.15, 0.2) is 47.4 Å². The first kappa shape index (κ1) is 18.2. The molecule has 0 bridgehead atoms. The van der Waals surface area contributed by atoms with Crippen molar-refractivity contribution in [2.75, 3.05) is 26.2 Å². The van der Waals surface area contributed by atoms with Crippen LogP contribution in [0.5, 0.6) is 0 Å². The smallest absolute Gasteiger partial charge is 0.336 e. The van der Waals surface area contributed by atoms with Crippen molar-refractivity contribution in [3.05, 3.63) is 69.6 Å². The highest BCUT2D eigenvalue weighted by molar-refractivity contribution is 5.94. The maximum Gasteiger partial charge on any atom is 0.417 e. The fourth-order valence-electron chi connectivity index (χ4n) is 2.93. The molecule has 138 valence electrons. The first-order chi connectivity index (χ1) is 12.3. The van der Waals surface area contributed by atoms with Crippen LogP contribution in [-0.4, -0.2) is 46.9 Å². The van der Waals surface area contributed by atoms with E-state index in [1.54, 1.807) is 0 Å². The highest BCUT2D eigenvalue weighted by Crippen LogP contribution is 2.28. The zero-order valence-electron chi connectivity index (χ0n) is 13.9. The summed E-state index contributed by atoms with van der Waals surface area (Å²) >= 11 is 0. The average Bonchev–Trinajstić information content (AvgIpc) is 2.62. The molecule has 0 radical (unpaired) electrons. The van der Waals surface area contributed by atoms with Gasteiger partial charge in [-0.25, -0.2) is 0 Å². The Morgan fingerprint density at radius 3 is 2.35 bits per heavy atom. The predicted octanol–water partition coefficient (Wildman–Crippen LogP) is 2.35. The Hall–Kier alpha value is -2.61. The maximum atomic E-state index is 12.8. The minimum atomic E-state index is -4.62. The number of aromatic amines is 1. The van der Waals surface area contributed by atoms with Gasteiger partial charge in [0.2, 0.25) is 0 Å². The average molecular weight is 365 g/mol. The molecule has 26 heavy (non-hydrogen) atoms. The Bertz CT molecular complexity index is 826. The zero-order valence-corrected chi connectivity index (χ0v) is 13.9. The number of benzene rings is 1. The number of carbonyl (C=O) groups is 1. The van der Waals surface area contributed by atoms with Gasteiger partial charge >= 0.3 is 6.18 Å². The summed E-state index contributed by atoms with van der Waals surface area (Å²) in [5, 5.41) is 0. The molecule has 8 heteroatoms. The molecule has 1 aliphatic rings. The number of pyridine rings is 1. The van der Waals surface area contributed by atoms with Crippen molar-refractivity contribution in [3.8, 4) is 0 Å². The first-order valence-electron chi connectivity index (χ1n) is 8.20. The van der Waals surface area contributed by atoms with Gasteiger partial charge in [-0.15, -0.1) is 0 Å². The van der Waals surface area contributed by atoms with Gasteiger partial charge in [0.05, 0.1) is 5.56 Å². The summed E-state index contributed by atoms with van der Waals surface area (Å²) in [6, 6.07) is 10.5. The van der Waals surface area contributed by atoms with Crippen molar-refractivity contribution in [1.82, 2.24) is 14.8 Å². The lowest BCUT2D eigenvalue weighted by Gasteiger charge is -2.34. The molecule has 0 spiro atoms. The third-order valence-corrected chi connectivity index (χ3v) is 4.37. The van der Waals surface area contributed by atoms with Gasteiger partial charge in [0.15, 0.2) is 0 Å². The van der Waals surface area contributed by atoms with Crippen LogP contribution in [0.3, 0.4) is 0 Å². The minimum absolute atomic E-state index is 0.362. The van der Waals surface area contributed by atoms with Gasteiger partial charge in [0.25, 0.3) is 11.5 Å². The molecule has 1 aromatic heterocycles. The Labute approximate surface area is 148 Å². The maximum absolute atomic E-state index is 12.8. The second-order valence-corrected chi connectivity index (χ2v) is 6.18. The van der Waals surface area contributed by atoms with Crippen LogP contribution in [0.25, 0.3) is 0 Å². The van der Waals surface area contributed by atoms with E-state index in [2.05, 4.69) is 4.90 Å². The number of H-pyrrole nitrogens is 1. The molecule has 0 atom stereocenters. The molecule has 1 fully saturated rings. The second kappa shape index (κ2) is 7.33. The summed E-state index contributed by atoms with van der Waals surface area (Å²) in [5.74, 6) is -0.670. The van der Waals surface area contributed by atoms with Crippen LogP contribution in [0.4, 0.5) is 13.2 Å². The first-order valence-corrected chi connectivity index (χ1v) is 8.20. The SMILES string of the molecule is O=C(c1cc(C(F)(F)F)c[nH]c1=O)N1CCN(Cc2ccccc2)CC1. The summed E-state index contributed by atoms with van der Waals surface area (Å²) in [5.41, 5.74) is -1.17. The number of rotatable bonds is 3. The summed E-state index contributed by atoms with van der Waals surface area (Å²) in [4.78, 5) is 29.9. The van der Waals surface area contributed by atoms with Crippen molar-refractivity contribution in [1.29, 1.82) is 0 Å². The Morgan fingerprint density at radius 2 is 1.73 bits per heavy atom. The van der Waals surface area contributed by atoms with Gasteiger partial charge in [0, 0.05) is 38.9 Å². The lowest BCUT2D eigenvalue weighted by Crippen LogP contribution is -2.49. The normalized spacial score (nSPS) is 15.9. The monoisotopic (exact) mass is 365 g/mol. The van der Waals surface area contributed by atoms with E-state index in [1.807, 2.05) is 35.3 Å². The van der Waals surface area contributed by atoms with E-state index < -0.39 is 28.8 Å². The van der Waals surface area contributed by atoms with Crippen LogP contribution in [0.2, 0.25) is 0 Å². The van der Waals surface area contributed by atoms with E-state index in [1.165, 1.54) is 4.90 Å². The summed E-state index contributed by atoms with van der Waals surface area (Å²) in [7, 11) is 0. The molecule has 3 rings (SSSR count). The number of amides is 1. The number of nitrogens with one attached hydrogen (secondary N) is 1. The van der Waals surface area contributed by atoms with Crippen molar-refractivity contribution >= 4 is 5.91 Å². The molecule has 5 nitrogen and oxygen atoms in total. The Kier molecular flexibility index (Phi) is 5.13. The minimum Gasteiger partial charge on any atom is -0.336 e. The van der Waals surface area contributed by atoms with Gasteiger partial charge in [-0.2, -0.15) is 13.2 Å². The van der Waals surface area contributed by atoms with Gasteiger partial charge in [0.1, 0.15) is 5.56 Å². The van der Waals surface area contributed by atoms with Crippen molar-refractivity contribution in [3.63, 3.8) is 0 Å². The molecule has 1 amide bonds. The number of aromatic nitrogens is 1. The molecule has 0 aliphatic carbocycles. The fraction of sp³-hybridized carbons (Fsp3) is 0.333. The van der Waals surface area contributed by atoms with Crippen molar-refractivity contribution < 1.29 is 18.0 Å². The molecule has 1 N–H and O–H groups in total. The number of alkyl halides is 3. The largest absolute Gasteiger partial charge is 0.417 e. The van der Waals surface area contributed by atoms with E-state index in [9.17, 15) is 22.8 Å². The second-order valence-electron chi connectivity index (χ2n) is 6.18. The zero-order chi connectivity index (χ0) is 18.7. The van der Waals surface area contributed by atoms with Gasteiger partial charge in [-0.05, 0) is 11.6 Å². The molecule has 1 aromatic carbocycles. The summed E-state index contributed by atoms with van der Waals surface area (Å²) in [6.45, 7) is 2.66. The van der Waals surface area contributed by atoms with E-state index in [4.69, 9.17) is 0 Å². The highest BCUT2D eigenvalue weighted by Gasteiger charge is 2.33. The lowest BCUT2D eigenvalue weighted by molar-refractivity contribution is -0.137. The molecule has 2 aromatic rings. The topological polar surface area (TPSA) is 56.4 Å². The molecule has 1 aliphatic heterocycles. The molecule has 1 saturated heterocycles. The molecule has 0 saturated carbocycles. The van der Waals surface area contributed by atoms with E-state index in [0.717, 1.165) is 12.1 Å². The molecule has 0 unspecified atom stereocenters. The Balaban J connectivity index is 1.66. The number of piperazine rings is 1. The van der Waals surface area contributed by atoms with E-state index in [-0.39, 0.29) is 0 Å².